The minimum Gasteiger partial charge on any atom is -0.546 e. The van der Waals surface area contributed by atoms with Crippen LogP contribution in [0.15, 0.2) is 82.6 Å². The molecule has 0 aliphatic heterocycles. The molecule has 0 aromatic heterocycles. The number of halogens is 8. The molecule has 0 aliphatic carbocycles. The maximum atomic E-state index is 12.7. The summed E-state index contributed by atoms with van der Waals surface area (Å²) in [6, 6.07) is 14.7. The van der Waals surface area contributed by atoms with Crippen LogP contribution < -0.4 is 29.2 Å². The topological polar surface area (TPSA) is 117 Å². The number of hydrogen-bond donors (Lipinski definition) is 0. The quantitative estimate of drug-likeness (QED) is 0.0782. The number of thioether (sulfide) groups is 2. The van der Waals surface area contributed by atoms with E-state index < -0.39 is 47.6 Å². The summed E-state index contributed by atoms with van der Waals surface area (Å²) in [5, 5.41) is 21.3. The Balaban J connectivity index is 0.000000360. The molecule has 0 N–H and O–H groups in total. The molecule has 0 heterocycles. The van der Waals surface area contributed by atoms with Gasteiger partial charge in [0.1, 0.15) is 46.7 Å². The van der Waals surface area contributed by atoms with Crippen molar-refractivity contribution in [3.05, 3.63) is 94.0 Å². The van der Waals surface area contributed by atoms with Gasteiger partial charge in [0.2, 0.25) is 0 Å². The van der Waals surface area contributed by atoms with Crippen LogP contribution in [0, 0.1) is 0 Å². The van der Waals surface area contributed by atoms with Crippen molar-refractivity contribution in [2.45, 2.75) is 48.2 Å². The van der Waals surface area contributed by atoms with Crippen LogP contribution in [0.25, 0.3) is 0 Å². The van der Waals surface area contributed by atoms with Gasteiger partial charge in [0.25, 0.3) is 0 Å². The number of rotatable bonds is 12. The monoisotopic (exact) mass is 850 g/mol. The van der Waals surface area contributed by atoms with Crippen LogP contribution in [0.3, 0.4) is 0 Å². The predicted molar refractivity (Wildman–Crippen MR) is 185 cm³/mol. The van der Waals surface area contributed by atoms with Crippen LogP contribution in [0.2, 0.25) is 10.0 Å². The van der Waals surface area contributed by atoms with Crippen molar-refractivity contribution in [3.63, 3.8) is 0 Å². The van der Waals surface area contributed by atoms with Gasteiger partial charge in [-0.3, -0.25) is 0 Å². The first-order chi connectivity index (χ1) is 24.2. The second-order valence-electron chi connectivity index (χ2n) is 10.3. The Bertz CT molecular complexity index is 1760. The maximum absolute atomic E-state index is 12.7. The second kappa shape index (κ2) is 20.2. The number of alkyl halides is 6. The van der Waals surface area contributed by atoms with E-state index in [2.05, 4.69) is 0 Å². The Morgan fingerprint density at radius 3 is 1.21 bits per heavy atom. The van der Waals surface area contributed by atoms with Gasteiger partial charge in [-0.05, 0) is 87.0 Å². The summed E-state index contributed by atoms with van der Waals surface area (Å²) < 4.78 is 97.7. The molecule has 8 nitrogen and oxygen atoms in total. The smallest absolute Gasteiger partial charge is 0.546 e. The fraction of sp³-hybridized carbons (Fsp3) is 0.235. The van der Waals surface area contributed by atoms with Gasteiger partial charge in [-0.25, -0.2) is 0 Å². The van der Waals surface area contributed by atoms with E-state index in [0.717, 1.165) is 36.4 Å². The number of aliphatic carboxylic acids is 2. The van der Waals surface area contributed by atoms with Gasteiger partial charge in [0, 0.05) is 21.9 Å². The first-order valence-corrected chi connectivity index (χ1v) is 17.6. The van der Waals surface area contributed by atoms with E-state index in [9.17, 15) is 46.1 Å². The molecule has 0 saturated carbocycles. The van der Waals surface area contributed by atoms with E-state index in [1.54, 1.807) is 36.8 Å². The average molecular weight is 852 g/mol. The molecule has 2 atom stereocenters. The van der Waals surface area contributed by atoms with Gasteiger partial charge in [-0.2, -0.15) is 26.3 Å². The maximum Gasteiger partial charge on any atom is 2.00 e. The van der Waals surface area contributed by atoms with Crippen molar-refractivity contribution in [2.24, 2.45) is 0 Å². The Morgan fingerprint density at radius 1 is 0.604 bits per heavy atom. The number of carboxylic acids is 2. The Morgan fingerprint density at radius 2 is 0.943 bits per heavy atom. The minimum atomic E-state index is -4.51. The van der Waals surface area contributed by atoms with Crippen LogP contribution in [0.1, 0.15) is 25.0 Å². The van der Waals surface area contributed by atoms with E-state index in [0.29, 0.717) is 9.79 Å². The molecule has 0 spiro atoms. The van der Waals surface area contributed by atoms with Gasteiger partial charge in [-0.15, -0.1) is 23.5 Å². The molecule has 0 fully saturated rings. The fourth-order valence-corrected chi connectivity index (χ4v) is 5.34. The Hall–Kier alpha value is -2.86. The first-order valence-electron chi connectivity index (χ1n) is 14.4. The molecule has 0 aliphatic rings. The summed E-state index contributed by atoms with van der Waals surface area (Å²) in [6.07, 6.45) is -7.84. The Kier molecular flexibility index (Phi) is 17.6. The summed E-state index contributed by atoms with van der Waals surface area (Å²) >= 11 is 14.4. The van der Waals surface area contributed by atoms with Gasteiger partial charge < -0.3 is 38.7 Å². The summed E-state index contributed by atoms with van der Waals surface area (Å²) in [6.45, 7) is 2.64. The standard InChI is InChI=1S/2C17H14ClF3O4S.Ca/c2*1-9(16(22)23)24-14-8-11(4-6-15(14)26-2)25-13-5-3-10(7-12(13)18)17(19,20)21;/h2*3-9H,1-2H3,(H,22,23);/q;;+2/p-2. The molecular formula is C34H26CaCl2F6O8S2. The van der Waals surface area contributed by atoms with Gasteiger partial charge >= 0.3 is 50.1 Å². The molecule has 0 saturated heterocycles. The van der Waals surface area contributed by atoms with Gasteiger partial charge in [0.15, 0.2) is 0 Å². The van der Waals surface area contributed by atoms with Crippen molar-refractivity contribution in [1.82, 2.24) is 0 Å². The third-order valence-electron chi connectivity index (χ3n) is 6.52. The van der Waals surface area contributed by atoms with Crippen molar-refractivity contribution in [3.8, 4) is 34.5 Å². The van der Waals surface area contributed by atoms with Crippen LogP contribution in [0.4, 0.5) is 26.3 Å². The molecule has 4 aromatic carbocycles. The number of carbonyl (C=O) groups is 2. The van der Waals surface area contributed by atoms with Crippen LogP contribution in [0.5, 0.6) is 34.5 Å². The minimum absolute atomic E-state index is 0. The van der Waals surface area contributed by atoms with Crippen molar-refractivity contribution in [1.29, 1.82) is 0 Å². The molecule has 19 heteroatoms. The molecule has 53 heavy (non-hydrogen) atoms. The number of benzene rings is 4. The zero-order chi connectivity index (χ0) is 39.0. The van der Waals surface area contributed by atoms with E-state index in [4.69, 9.17) is 42.1 Å². The third kappa shape index (κ3) is 13.7. The van der Waals surface area contributed by atoms with Crippen molar-refractivity contribution in [2.75, 3.05) is 12.5 Å². The van der Waals surface area contributed by atoms with Crippen molar-refractivity contribution < 1.29 is 65.1 Å². The second-order valence-corrected chi connectivity index (χ2v) is 12.8. The summed E-state index contributed by atoms with van der Waals surface area (Å²) in [7, 11) is 0. The van der Waals surface area contributed by atoms with E-state index >= 15 is 0 Å². The normalized spacial score (nSPS) is 12.3. The number of hydrogen-bond acceptors (Lipinski definition) is 10. The summed E-state index contributed by atoms with van der Waals surface area (Å²) in [4.78, 5) is 23.0. The molecule has 0 amide bonds. The molecule has 0 radical (unpaired) electrons. The van der Waals surface area contributed by atoms with Gasteiger partial charge in [-0.1, -0.05) is 23.2 Å². The van der Waals surface area contributed by atoms with E-state index in [1.807, 2.05) is 0 Å². The number of carboxylic acid groups (broad SMARTS) is 2. The van der Waals surface area contributed by atoms with Crippen molar-refractivity contribution >= 4 is 96.4 Å². The fourth-order valence-electron chi connectivity index (χ4n) is 3.88. The average Bonchev–Trinajstić information content (AvgIpc) is 3.06. The van der Waals surface area contributed by atoms with Gasteiger partial charge in [0.05, 0.1) is 33.1 Å². The molecule has 4 aromatic rings. The molecular weight excluding hydrogens is 825 g/mol. The zero-order valence-electron chi connectivity index (χ0n) is 27.9. The third-order valence-corrected chi connectivity index (χ3v) is 8.66. The van der Waals surface area contributed by atoms with Crippen LogP contribution >= 0.6 is 46.7 Å². The molecule has 280 valence electrons. The largest absolute Gasteiger partial charge is 2.00 e. The number of carbonyl (C=O) groups excluding carboxylic acids is 2. The summed E-state index contributed by atoms with van der Waals surface area (Å²) in [5.74, 6) is -1.77. The Labute approximate surface area is 348 Å². The van der Waals surface area contributed by atoms with Crippen LogP contribution in [-0.4, -0.2) is 74.4 Å². The van der Waals surface area contributed by atoms with E-state index in [1.165, 1.54) is 49.5 Å². The zero-order valence-corrected chi connectivity index (χ0v) is 33.2. The molecule has 4 rings (SSSR count). The number of ether oxygens (including phenoxy) is 4. The van der Waals surface area contributed by atoms with Crippen LogP contribution in [-0.2, 0) is 21.9 Å². The first kappa shape index (κ1) is 46.3. The SMILES string of the molecule is CSc1ccc(Oc2ccc(C(F)(F)F)cc2Cl)cc1OC(C)C(=O)[O-].CSc1ccc(Oc2ccc(C(F)(F)F)cc2Cl)cc1OC(C)C(=O)[O-].[Ca+2]. The predicted octanol–water partition coefficient (Wildman–Crippen LogP) is 8.40. The molecule has 0 bridgehead atoms. The van der Waals surface area contributed by atoms with E-state index in [-0.39, 0.29) is 82.3 Å². The summed E-state index contributed by atoms with van der Waals surface area (Å²) in [5.41, 5.74) is -1.78. The molecule has 2 unspecified atom stereocenters.